The van der Waals surface area contributed by atoms with Crippen LogP contribution >= 0.6 is 12.2 Å². The van der Waals surface area contributed by atoms with Gasteiger partial charge in [-0.1, -0.05) is 13.8 Å². The van der Waals surface area contributed by atoms with Crippen LogP contribution in [0.15, 0.2) is 36.4 Å². The van der Waals surface area contributed by atoms with Crippen molar-refractivity contribution in [1.82, 2.24) is 4.90 Å². The van der Waals surface area contributed by atoms with Crippen molar-refractivity contribution in [3.63, 3.8) is 0 Å². The molecule has 1 fully saturated rings. The maximum atomic E-state index is 15.0. The van der Waals surface area contributed by atoms with Gasteiger partial charge in [0, 0.05) is 12.2 Å². The molecular formula is C26H26F4N4O3S. The second kappa shape index (κ2) is 11.0. The van der Waals surface area contributed by atoms with Gasteiger partial charge in [0.15, 0.2) is 5.11 Å². The first kappa shape index (κ1) is 29.0. The Morgan fingerprint density at radius 3 is 2.32 bits per heavy atom. The lowest BCUT2D eigenvalue weighted by Gasteiger charge is -2.29. The number of hydrogen-bond donors (Lipinski definition) is 0. The van der Waals surface area contributed by atoms with Crippen LogP contribution in [-0.4, -0.2) is 53.7 Å². The minimum absolute atomic E-state index is 0.0823. The molecule has 0 bridgehead atoms. The van der Waals surface area contributed by atoms with Gasteiger partial charge in [-0.2, -0.15) is 18.4 Å². The Kier molecular flexibility index (Phi) is 8.43. The van der Waals surface area contributed by atoms with Crippen LogP contribution in [0, 0.1) is 17.1 Å². The van der Waals surface area contributed by atoms with Gasteiger partial charge in [-0.05, 0) is 75.6 Å². The number of carbonyl (C=O) groups excluding carboxylic acids is 2. The van der Waals surface area contributed by atoms with E-state index in [0.29, 0.717) is 12.6 Å². The van der Waals surface area contributed by atoms with E-state index in [-0.39, 0.29) is 28.7 Å². The summed E-state index contributed by atoms with van der Waals surface area (Å²) in [5, 5.41) is 8.87. The monoisotopic (exact) mass is 550 g/mol. The maximum absolute atomic E-state index is 15.0. The number of benzene rings is 2. The normalized spacial score (nSPS) is 15.3. The van der Waals surface area contributed by atoms with Crippen molar-refractivity contribution < 1.29 is 31.9 Å². The Balaban J connectivity index is 1.90. The zero-order chi connectivity index (χ0) is 28.4. The highest BCUT2D eigenvalue weighted by Crippen LogP contribution is 2.40. The molecule has 0 aromatic heterocycles. The van der Waals surface area contributed by atoms with Crippen LogP contribution in [0.1, 0.15) is 49.2 Å². The number of thiocarbonyl (C=S) groups is 1. The molecular weight excluding hydrogens is 524 g/mol. The van der Waals surface area contributed by atoms with Crippen molar-refractivity contribution in [2.45, 2.75) is 39.4 Å². The largest absolute Gasteiger partial charge is 0.461 e. The van der Waals surface area contributed by atoms with E-state index in [9.17, 15) is 22.8 Å². The first-order valence-electron chi connectivity index (χ1n) is 11.8. The minimum Gasteiger partial charge on any atom is -0.461 e. The molecule has 1 amide bonds. The summed E-state index contributed by atoms with van der Waals surface area (Å²) in [6.07, 6.45) is -4.83. The van der Waals surface area contributed by atoms with E-state index in [1.54, 1.807) is 0 Å². The molecule has 3 rings (SSSR count). The Bertz CT molecular complexity index is 1300. The van der Waals surface area contributed by atoms with Crippen LogP contribution in [0.4, 0.5) is 28.9 Å². The van der Waals surface area contributed by atoms with Gasteiger partial charge in [-0.3, -0.25) is 9.69 Å². The molecule has 38 heavy (non-hydrogen) atoms. The van der Waals surface area contributed by atoms with Crippen molar-refractivity contribution in [3.05, 3.63) is 58.9 Å². The first-order valence-corrected chi connectivity index (χ1v) is 12.2. The average Bonchev–Trinajstić information content (AvgIpc) is 3.03. The standard InChI is InChI=1S/C26H26F4N4O3S/c1-5-32(6-2)11-12-37-22(35)19-10-9-18(14-21(19)27)34-24(38)33(23(36)25(34,3)4)17-8-7-16(15-31)20(13-17)26(28,29)30/h7-10,13-14H,5-6,11-12H2,1-4H3. The SMILES string of the molecule is CCN(CC)CCOC(=O)c1ccc(N2C(=S)N(c3ccc(C#N)c(C(F)(F)F)c3)C(=O)C2(C)C)cc1F. The number of anilines is 2. The molecule has 0 aliphatic carbocycles. The van der Waals surface area contributed by atoms with Gasteiger partial charge in [0.25, 0.3) is 5.91 Å². The van der Waals surface area contributed by atoms with Crippen molar-refractivity contribution in [3.8, 4) is 6.07 Å². The van der Waals surface area contributed by atoms with Crippen molar-refractivity contribution in [1.29, 1.82) is 5.26 Å². The minimum atomic E-state index is -4.83. The number of alkyl halides is 3. The number of carbonyl (C=O) groups is 2. The highest BCUT2D eigenvalue weighted by molar-refractivity contribution is 7.81. The Morgan fingerprint density at radius 2 is 1.76 bits per heavy atom. The molecule has 0 unspecified atom stereocenters. The van der Waals surface area contributed by atoms with Crippen molar-refractivity contribution >= 4 is 40.6 Å². The lowest BCUT2D eigenvalue weighted by molar-refractivity contribution is -0.137. The molecule has 2 aromatic carbocycles. The highest BCUT2D eigenvalue weighted by Gasteiger charge is 2.51. The number of ether oxygens (including phenoxy) is 1. The molecule has 7 nitrogen and oxygen atoms in total. The smallest absolute Gasteiger partial charge is 0.417 e. The lowest BCUT2D eigenvalue weighted by atomic mass is 10.0. The van der Waals surface area contributed by atoms with E-state index >= 15 is 4.39 Å². The van der Waals surface area contributed by atoms with Gasteiger partial charge >= 0.3 is 12.1 Å². The molecule has 1 aliphatic rings. The summed E-state index contributed by atoms with van der Waals surface area (Å²) < 4.78 is 60.7. The predicted octanol–water partition coefficient (Wildman–Crippen LogP) is 5.13. The van der Waals surface area contributed by atoms with Gasteiger partial charge in [0.1, 0.15) is 18.0 Å². The van der Waals surface area contributed by atoms with E-state index in [1.165, 1.54) is 43.0 Å². The Morgan fingerprint density at radius 1 is 1.13 bits per heavy atom. The lowest BCUT2D eigenvalue weighted by Crippen LogP contribution is -2.44. The van der Waals surface area contributed by atoms with Gasteiger partial charge in [-0.15, -0.1) is 0 Å². The number of nitrogens with zero attached hydrogens (tertiary/aromatic N) is 4. The molecule has 0 N–H and O–H groups in total. The topological polar surface area (TPSA) is 76.9 Å². The molecule has 12 heteroatoms. The van der Waals surface area contributed by atoms with Gasteiger partial charge in [-0.25, -0.2) is 9.18 Å². The molecule has 0 spiro atoms. The fraction of sp³-hybridized carbons (Fsp3) is 0.385. The summed E-state index contributed by atoms with van der Waals surface area (Å²) >= 11 is 5.45. The van der Waals surface area contributed by atoms with E-state index < -0.39 is 40.5 Å². The number of rotatable bonds is 8. The third kappa shape index (κ3) is 5.49. The number of hydrogen-bond acceptors (Lipinski definition) is 6. The quantitative estimate of drug-likeness (QED) is 0.256. The highest BCUT2D eigenvalue weighted by atomic mass is 32.1. The third-order valence-electron chi connectivity index (χ3n) is 6.32. The number of amides is 1. The Hall–Kier alpha value is -3.56. The Labute approximate surface area is 223 Å². The average molecular weight is 551 g/mol. The summed E-state index contributed by atoms with van der Waals surface area (Å²) in [5.74, 6) is -2.40. The molecule has 0 saturated carbocycles. The van der Waals surface area contributed by atoms with E-state index in [0.717, 1.165) is 30.1 Å². The van der Waals surface area contributed by atoms with Gasteiger partial charge in [0.05, 0.1) is 28.4 Å². The maximum Gasteiger partial charge on any atom is 0.417 e. The summed E-state index contributed by atoms with van der Waals surface area (Å²) in [4.78, 5) is 30.0. The van der Waals surface area contributed by atoms with Crippen LogP contribution in [-0.2, 0) is 15.7 Å². The summed E-state index contributed by atoms with van der Waals surface area (Å²) in [7, 11) is 0. The number of halogens is 4. The second-order valence-electron chi connectivity index (χ2n) is 8.98. The fourth-order valence-corrected chi connectivity index (χ4v) is 4.68. The summed E-state index contributed by atoms with van der Waals surface area (Å²) in [6, 6.07) is 7.93. The second-order valence-corrected chi connectivity index (χ2v) is 9.35. The van der Waals surface area contributed by atoms with Crippen molar-refractivity contribution in [2.24, 2.45) is 0 Å². The van der Waals surface area contributed by atoms with Gasteiger partial charge in [0.2, 0.25) is 0 Å². The zero-order valence-electron chi connectivity index (χ0n) is 21.2. The molecule has 1 heterocycles. The van der Waals surface area contributed by atoms with E-state index in [4.69, 9.17) is 22.2 Å². The predicted molar refractivity (Wildman–Crippen MR) is 137 cm³/mol. The number of esters is 1. The summed E-state index contributed by atoms with van der Waals surface area (Å²) in [6.45, 7) is 9.05. The first-order chi connectivity index (χ1) is 17.8. The van der Waals surface area contributed by atoms with Crippen LogP contribution < -0.4 is 9.80 Å². The van der Waals surface area contributed by atoms with Crippen LogP contribution in [0.3, 0.4) is 0 Å². The third-order valence-corrected chi connectivity index (χ3v) is 6.69. The molecule has 202 valence electrons. The number of nitriles is 1. The molecule has 2 aromatic rings. The molecule has 1 aliphatic heterocycles. The van der Waals surface area contributed by atoms with Crippen LogP contribution in [0.5, 0.6) is 0 Å². The van der Waals surface area contributed by atoms with Gasteiger partial charge < -0.3 is 14.5 Å². The molecule has 0 atom stereocenters. The van der Waals surface area contributed by atoms with Crippen LogP contribution in [0.25, 0.3) is 0 Å². The summed E-state index contributed by atoms with van der Waals surface area (Å²) in [5.41, 5.74) is -3.58. The van der Waals surface area contributed by atoms with E-state index in [1.807, 2.05) is 18.7 Å². The van der Waals surface area contributed by atoms with Crippen LogP contribution in [0.2, 0.25) is 0 Å². The zero-order valence-corrected chi connectivity index (χ0v) is 22.0. The number of likely N-dealkylation sites (N-methyl/N-ethyl adjacent to an activating group) is 1. The fourth-order valence-electron chi connectivity index (χ4n) is 4.15. The molecule has 1 saturated heterocycles. The van der Waals surface area contributed by atoms with Crippen molar-refractivity contribution in [2.75, 3.05) is 36.0 Å². The molecule has 0 radical (unpaired) electrons. The van der Waals surface area contributed by atoms with E-state index in [2.05, 4.69) is 0 Å².